The Balaban J connectivity index is 1.35. The molecule has 4 rings (SSSR count). The molecule has 2 heterocycles. The predicted octanol–water partition coefficient (Wildman–Crippen LogP) is 4.42. The van der Waals surface area contributed by atoms with E-state index in [0.717, 1.165) is 36.5 Å². The lowest BCUT2D eigenvalue weighted by atomic mass is 10.2. The van der Waals surface area contributed by atoms with Crippen LogP contribution in [0.2, 0.25) is 0 Å². The zero-order chi connectivity index (χ0) is 19.3. The summed E-state index contributed by atoms with van der Waals surface area (Å²) in [7, 11) is 0. The van der Waals surface area contributed by atoms with Crippen molar-refractivity contribution in [3.05, 3.63) is 83.0 Å². The summed E-state index contributed by atoms with van der Waals surface area (Å²) < 4.78 is 0.947. The smallest absolute Gasteiger partial charge is 0.255 e. The summed E-state index contributed by atoms with van der Waals surface area (Å²) in [4.78, 5) is 21.5. The number of benzene rings is 2. The van der Waals surface area contributed by atoms with E-state index < -0.39 is 0 Å². The van der Waals surface area contributed by atoms with Crippen LogP contribution in [0.5, 0.6) is 0 Å². The minimum Gasteiger partial charge on any atom is -0.368 e. The first-order valence-electron chi connectivity index (χ1n) is 9.27. The predicted molar refractivity (Wildman–Crippen MR) is 117 cm³/mol. The Labute approximate surface area is 173 Å². The lowest BCUT2D eigenvalue weighted by Crippen LogP contribution is -2.46. The first kappa shape index (κ1) is 18.5. The second kappa shape index (κ2) is 8.44. The summed E-state index contributed by atoms with van der Waals surface area (Å²) in [6.07, 6.45) is 1.72. The van der Waals surface area contributed by atoms with Crippen molar-refractivity contribution in [1.82, 2.24) is 4.98 Å². The number of piperazine rings is 1. The maximum absolute atomic E-state index is 12.3. The molecule has 142 valence electrons. The molecule has 0 saturated carbocycles. The molecule has 1 saturated heterocycles. The SMILES string of the molecule is O=C(Nc1ccc(N2CCN(c3ccccc3)CC2)nc1)c1ccc(Br)cc1. The molecule has 1 aromatic heterocycles. The van der Waals surface area contributed by atoms with Gasteiger partial charge in [-0.15, -0.1) is 0 Å². The van der Waals surface area contributed by atoms with Gasteiger partial charge in [-0.3, -0.25) is 4.79 Å². The van der Waals surface area contributed by atoms with E-state index in [1.165, 1.54) is 5.69 Å². The van der Waals surface area contributed by atoms with Gasteiger partial charge in [0, 0.05) is 41.9 Å². The molecule has 1 aliphatic rings. The average Bonchev–Trinajstić information content (AvgIpc) is 2.75. The summed E-state index contributed by atoms with van der Waals surface area (Å²) in [6.45, 7) is 3.78. The quantitative estimate of drug-likeness (QED) is 0.657. The van der Waals surface area contributed by atoms with Gasteiger partial charge >= 0.3 is 0 Å². The van der Waals surface area contributed by atoms with Crippen LogP contribution >= 0.6 is 15.9 Å². The van der Waals surface area contributed by atoms with Crippen LogP contribution in [0.15, 0.2) is 77.4 Å². The summed E-state index contributed by atoms with van der Waals surface area (Å²) in [5.74, 6) is 0.799. The molecule has 0 bridgehead atoms. The highest BCUT2D eigenvalue weighted by Crippen LogP contribution is 2.20. The Morgan fingerprint density at radius 3 is 2.18 bits per heavy atom. The van der Waals surface area contributed by atoms with Gasteiger partial charge < -0.3 is 15.1 Å². The second-order valence-corrected chi connectivity index (χ2v) is 7.59. The minimum absolute atomic E-state index is 0.140. The van der Waals surface area contributed by atoms with Gasteiger partial charge in [0.05, 0.1) is 11.9 Å². The highest BCUT2D eigenvalue weighted by Gasteiger charge is 2.18. The zero-order valence-corrected chi connectivity index (χ0v) is 17.0. The molecule has 1 aliphatic heterocycles. The lowest BCUT2D eigenvalue weighted by molar-refractivity contribution is 0.102. The fourth-order valence-corrected chi connectivity index (χ4v) is 3.55. The first-order chi connectivity index (χ1) is 13.7. The van der Waals surface area contributed by atoms with Gasteiger partial charge in [-0.25, -0.2) is 4.98 Å². The van der Waals surface area contributed by atoms with Crippen LogP contribution in [0, 0.1) is 0 Å². The molecule has 3 aromatic rings. The number of halogens is 1. The average molecular weight is 437 g/mol. The maximum Gasteiger partial charge on any atom is 0.255 e. The molecule has 1 fully saturated rings. The molecule has 0 unspecified atom stereocenters. The van der Waals surface area contributed by atoms with Gasteiger partial charge in [0.1, 0.15) is 5.82 Å². The van der Waals surface area contributed by atoms with E-state index in [1.54, 1.807) is 18.3 Å². The van der Waals surface area contributed by atoms with Crippen LogP contribution in [-0.4, -0.2) is 37.1 Å². The number of carbonyl (C=O) groups is 1. The Morgan fingerprint density at radius 1 is 0.857 bits per heavy atom. The number of hydrogen-bond acceptors (Lipinski definition) is 4. The molecule has 0 atom stereocenters. The largest absolute Gasteiger partial charge is 0.368 e. The van der Waals surface area contributed by atoms with E-state index in [0.29, 0.717) is 11.3 Å². The highest BCUT2D eigenvalue weighted by atomic mass is 79.9. The maximum atomic E-state index is 12.3. The van der Waals surface area contributed by atoms with Crippen LogP contribution in [0.4, 0.5) is 17.2 Å². The van der Waals surface area contributed by atoms with Crippen molar-refractivity contribution in [1.29, 1.82) is 0 Å². The van der Waals surface area contributed by atoms with E-state index in [1.807, 2.05) is 30.3 Å². The molecule has 1 amide bonds. The summed E-state index contributed by atoms with van der Waals surface area (Å²) in [5, 5.41) is 2.89. The van der Waals surface area contributed by atoms with Crippen molar-refractivity contribution in [3.63, 3.8) is 0 Å². The number of hydrogen-bond donors (Lipinski definition) is 1. The molecular weight excluding hydrogens is 416 g/mol. The number of anilines is 3. The van der Waals surface area contributed by atoms with Crippen LogP contribution < -0.4 is 15.1 Å². The third kappa shape index (κ3) is 4.34. The lowest BCUT2D eigenvalue weighted by Gasteiger charge is -2.36. The molecular formula is C22H21BrN4O. The van der Waals surface area contributed by atoms with Crippen LogP contribution in [0.1, 0.15) is 10.4 Å². The zero-order valence-electron chi connectivity index (χ0n) is 15.4. The number of para-hydroxylation sites is 1. The van der Waals surface area contributed by atoms with Gasteiger partial charge in [0.2, 0.25) is 0 Å². The number of nitrogens with zero attached hydrogens (tertiary/aromatic N) is 3. The van der Waals surface area contributed by atoms with Gasteiger partial charge in [-0.05, 0) is 48.5 Å². The van der Waals surface area contributed by atoms with Gasteiger partial charge in [0.25, 0.3) is 5.91 Å². The van der Waals surface area contributed by atoms with Crippen molar-refractivity contribution in [2.24, 2.45) is 0 Å². The van der Waals surface area contributed by atoms with E-state index >= 15 is 0 Å². The number of pyridine rings is 1. The van der Waals surface area contributed by atoms with Crippen LogP contribution in [0.3, 0.4) is 0 Å². The Kier molecular flexibility index (Phi) is 5.58. The monoisotopic (exact) mass is 436 g/mol. The summed E-state index contributed by atoms with van der Waals surface area (Å²) in [6, 6.07) is 21.6. The number of carbonyl (C=O) groups excluding carboxylic acids is 1. The van der Waals surface area contributed by atoms with Crippen molar-refractivity contribution in [2.45, 2.75) is 0 Å². The van der Waals surface area contributed by atoms with Gasteiger partial charge in [-0.2, -0.15) is 0 Å². The van der Waals surface area contributed by atoms with Crippen LogP contribution in [-0.2, 0) is 0 Å². The third-order valence-electron chi connectivity index (χ3n) is 4.84. The fourth-order valence-electron chi connectivity index (χ4n) is 3.28. The standard InChI is InChI=1S/C22H21BrN4O/c23-18-8-6-17(7-9-18)22(28)25-19-10-11-21(24-16-19)27-14-12-26(13-15-27)20-4-2-1-3-5-20/h1-11,16H,12-15H2,(H,25,28). The Hall–Kier alpha value is -2.86. The molecule has 28 heavy (non-hydrogen) atoms. The summed E-state index contributed by atoms with van der Waals surface area (Å²) in [5.41, 5.74) is 2.57. The number of amides is 1. The van der Waals surface area contributed by atoms with Crippen LogP contribution in [0.25, 0.3) is 0 Å². The topological polar surface area (TPSA) is 48.5 Å². The first-order valence-corrected chi connectivity index (χ1v) is 10.1. The van der Waals surface area contributed by atoms with Gasteiger partial charge in [0.15, 0.2) is 0 Å². The van der Waals surface area contributed by atoms with Crippen molar-refractivity contribution >= 4 is 39.0 Å². The third-order valence-corrected chi connectivity index (χ3v) is 5.37. The van der Waals surface area contributed by atoms with E-state index in [9.17, 15) is 4.79 Å². The molecule has 0 radical (unpaired) electrons. The van der Waals surface area contributed by atoms with Crippen molar-refractivity contribution in [3.8, 4) is 0 Å². The number of aromatic nitrogens is 1. The number of nitrogens with one attached hydrogen (secondary N) is 1. The molecule has 5 nitrogen and oxygen atoms in total. The Bertz CT molecular complexity index is 921. The highest BCUT2D eigenvalue weighted by molar-refractivity contribution is 9.10. The summed E-state index contributed by atoms with van der Waals surface area (Å²) >= 11 is 3.37. The second-order valence-electron chi connectivity index (χ2n) is 6.68. The molecule has 2 aromatic carbocycles. The van der Waals surface area contributed by atoms with Crippen molar-refractivity contribution in [2.75, 3.05) is 41.3 Å². The van der Waals surface area contributed by atoms with Gasteiger partial charge in [-0.1, -0.05) is 34.1 Å². The normalized spacial score (nSPS) is 14.0. The molecule has 1 N–H and O–H groups in total. The molecule has 0 spiro atoms. The number of rotatable bonds is 4. The Morgan fingerprint density at radius 2 is 1.54 bits per heavy atom. The van der Waals surface area contributed by atoms with Crippen molar-refractivity contribution < 1.29 is 4.79 Å². The van der Waals surface area contributed by atoms with E-state index in [4.69, 9.17) is 0 Å². The minimum atomic E-state index is -0.140. The van der Waals surface area contributed by atoms with E-state index in [-0.39, 0.29) is 5.91 Å². The fraction of sp³-hybridized carbons (Fsp3) is 0.182. The molecule has 0 aliphatic carbocycles. The van der Waals surface area contributed by atoms with E-state index in [2.05, 4.69) is 60.3 Å². The molecule has 6 heteroatoms.